The average molecular weight is 299 g/mol. The lowest BCUT2D eigenvalue weighted by Crippen LogP contribution is -2.11. The molecule has 0 aliphatic rings. The van der Waals surface area contributed by atoms with Gasteiger partial charge in [-0.15, -0.1) is 0 Å². The van der Waals surface area contributed by atoms with Crippen LogP contribution in [0.3, 0.4) is 0 Å². The molecular weight excluding hydrogens is 285 g/mol. The molecule has 0 heterocycles. The zero-order chi connectivity index (χ0) is 12.8. The van der Waals surface area contributed by atoms with Crippen molar-refractivity contribution in [3.63, 3.8) is 0 Å². The van der Waals surface area contributed by atoms with E-state index in [1.807, 2.05) is 0 Å². The molecule has 0 atom stereocenters. The predicted octanol–water partition coefficient (Wildman–Crippen LogP) is 4.71. The van der Waals surface area contributed by atoms with E-state index >= 15 is 0 Å². The summed E-state index contributed by atoms with van der Waals surface area (Å²) in [6.45, 7) is 6.91. The second-order valence-electron chi connectivity index (χ2n) is 2.87. The molecule has 0 saturated carbocycles. The number of rotatable bonds is 5. The summed E-state index contributed by atoms with van der Waals surface area (Å²) < 4.78 is 43.0. The van der Waals surface area contributed by atoms with Gasteiger partial charge in [0, 0.05) is 5.57 Å². The number of hydrogen-bond donors (Lipinski definition) is 0. The van der Waals surface area contributed by atoms with Crippen LogP contribution in [0.15, 0.2) is 34.5 Å². The van der Waals surface area contributed by atoms with E-state index in [2.05, 4.69) is 22.5 Å². The van der Waals surface area contributed by atoms with Gasteiger partial charge in [0.15, 0.2) is 0 Å². The molecule has 0 spiro atoms. The number of halogens is 4. The molecular formula is C11H14BrF3O. The minimum atomic E-state index is -4.33. The van der Waals surface area contributed by atoms with Gasteiger partial charge in [0.05, 0.1) is 11.1 Å². The van der Waals surface area contributed by atoms with Crippen LogP contribution in [0.2, 0.25) is 0 Å². The molecule has 0 aromatic carbocycles. The Hall–Kier alpha value is -0.710. The van der Waals surface area contributed by atoms with Crippen LogP contribution in [-0.4, -0.2) is 12.8 Å². The topological polar surface area (TPSA) is 9.23 Å². The van der Waals surface area contributed by atoms with Crippen LogP contribution in [0.5, 0.6) is 0 Å². The Bertz CT molecular complexity index is 303. The van der Waals surface area contributed by atoms with Crippen molar-refractivity contribution < 1.29 is 17.9 Å². The van der Waals surface area contributed by atoms with E-state index in [-0.39, 0.29) is 12.2 Å². The van der Waals surface area contributed by atoms with Gasteiger partial charge >= 0.3 is 6.18 Å². The van der Waals surface area contributed by atoms with Gasteiger partial charge in [0.1, 0.15) is 5.76 Å². The van der Waals surface area contributed by atoms with Gasteiger partial charge < -0.3 is 4.74 Å². The lowest BCUT2D eigenvalue weighted by molar-refractivity contribution is -0.0938. The smallest absolute Gasteiger partial charge is 0.412 e. The first-order valence-electron chi connectivity index (χ1n) is 4.79. The van der Waals surface area contributed by atoms with E-state index in [0.29, 0.717) is 11.1 Å². The van der Waals surface area contributed by atoms with Crippen LogP contribution in [0.4, 0.5) is 13.2 Å². The summed E-state index contributed by atoms with van der Waals surface area (Å²) >= 11 is 3.09. The second-order valence-corrected chi connectivity index (χ2v) is 3.72. The predicted molar refractivity (Wildman–Crippen MR) is 62.2 cm³/mol. The molecule has 0 aromatic rings. The number of allylic oxidation sites excluding steroid dienone is 4. The third kappa shape index (κ3) is 4.88. The summed E-state index contributed by atoms with van der Waals surface area (Å²) in [6.07, 6.45) is -2.04. The summed E-state index contributed by atoms with van der Waals surface area (Å²) in [7, 11) is 0. The molecule has 5 heteroatoms. The highest BCUT2D eigenvalue weighted by Crippen LogP contribution is 2.30. The Balaban J connectivity index is 5.26. The Morgan fingerprint density at radius 1 is 1.38 bits per heavy atom. The van der Waals surface area contributed by atoms with E-state index in [9.17, 15) is 13.2 Å². The highest BCUT2D eigenvalue weighted by atomic mass is 79.9. The lowest BCUT2D eigenvalue weighted by atomic mass is 10.1. The Kier molecular flexibility index (Phi) is 6.48. The molecule has 0 bridgehead atoms. The Morgan fingerprint density at radius 3 is 2.25 bits per heavy atom. The quantitative estimate of drug-likeness (QED) is 0.527. The van der Waals surface area contributed by atoms with Gasteiger partial charge in [-0.3, -0.25) is 0 Å². The summed E-state index contributed by atoms with van der Waals surface area (Å²) in [6, 6.07) is 0. The van der Waals surface area contributed by atoms with E-state index in [1.54, 1.807) is 6.92 Å². The van der Waals surface area contributed by atoms with Crippen molar-refractivity contribution in [3.8, 4) is 0 Å². The van der Waals surface area contributed by atoms with Crippen LogP contribution >= 0.6 is 15.9 Å². The molecule has 0 rings (SSSR count). The third-order valence-electron chi connectivity index (χ3n) is 1.76. The van der Waals surface area contributed by atoms with Gasteiger partial charge in [0.2, 0.25) is 0 Å². The van der Waals surface area contributed by atoms with E-state index in [0.717, 1.165) is 6.08 Å². The first-order chi connectivity index (χ1) is 7.36. The zero-order valence-electron chi connectivity index (χ0n) is 9.20. The van der Waals surface area contributed by atoms with Crippen molar-refractivity contribution >= 4 is 15.9 Å². The van der Waals surface area contributed by atoms with E-state index in [4.69, 9.17) is 4.74 Å². The van der Waals surface area contributed by atoms with Gasteiger partial charge in [-0.25, -0.2) is 0 Å². The minimum Gasteiger partial charge on any atom is -0.493 e. The lowest BCUT2D eigenvalue weighted by Gasteiger charge is -2.12. The van der Waals surface area contributed by atoms with Crippen LogP contribution in [0.25, 0.3) is 0 Å². The highest BCUT2D eigenvalue weighted by Gasteiger charge is 2.32. The van der Waals surface area contributed by atoms with Crippen LogP contribution in [0, 0.1) is 0 Å². The fraction of sp³-hybridized carbons (Fsp3) is 0.455. The third-order valence-corrected chi connectivity index (χ3v) is 2.48. The van der Waals surface area contributed by atoms with Crippen molar-refractivity contribution in [2.45, 2.75) is 26.4 Å². The summed E-state index contributed by atoms with van der Waals surface area (Å²) in [4.78, 5) is 0. The monoisotopic (exact) mass is 298 g/mol. The fourth-order valence-corrected chi connectivity index (χ4v) is 1.21. The standard InChI is InChI=1S/C11H14BrF3O/c1-4-8(11(13,14)15)7-10(16-6-3)9(12)5-2/h5,7H,2,4,6H2,1,3H3/b8-7+,10-9-. The molecule has 0 saturated heterocycles. The molecule has 1 nitrogen and oxygen atoms in total. The van der Waals surface area contributed by atoms with E-state index < -0.39 is 11.7 Å². The molecule has 0 aliphatic carbocycles. The fourth-order valence-electron chi connectivity index (χ4n) is 0.978. The molecule has 0 fully saturated rings. The minimum absolute atomic E-state index is 0.0997. The molecule has 92 valence electrons. The van der Waals surface area contributed by atoms with Crippen molar-refractivity contribution in [1.82, 2.24) is 0 Å². The first kappa shape index (κ1) is 15.3. The summed E-state index contributed by atoms with van der Waals surface area (Å²) in [5.41, 5.74) is -0.630. The van der Waals surface area contributed by atoms with Gasteiger partial charge in [-0.05, 0) is 35.4 Å². The number of hydrogen-bond acceptors (Lipinski definition) is 1. The Labute approximate surface area is 102 Å². The Morgan fingerprint density at radius 2 is 1.94 bits per heavy atom. The molecule has 16 heavy (non-hydrogen) atoms. The number of ether oxygens (including phenoxy) is 1. The largest absolute Gasteiger partial charge is 0.493 e. The molecule has 0 aromatic heterocycles. The van der Waals surface area contributed by atoms with Crippen LogP contribution < -0.4 is 0 Å². The second kappa shape index (κ2) is 6.78. The van der Waals surface area contributed by atoms with Gasteiger partial charge in [-0.2, -0.15) is 13.2 Å². The molecule has 0 N–H and O–H groups in total. The highest BCUT2D eigenvalue weighted by molar-refractivity contribution is 9.11. The molecule has 0 amide bonds. The maximum Gasteiger partial charge on any atom is 0.412 e. The van der Waals surface area contributed by atoms with Crippen molar-refractivity contribution in [2.75, 3.05) is 6.61 Å². The van der Waals surface area contributed by atoms with Crippen molar-refractivity contribution in [3.05, 3.63) is 34.5 Å². The van der Waals surface area contributed by atoms with Crippen molar-refractivity contribution in [1.29, 1.82) is 0 Å². The van der Waals surface area contributed by atoms with E-state index in [1.165, 1.54) is 13.0 Å². The molecule has 0 aliphatic heterocycles. The SMILES string of the molecule is C=C/C(Br)=C(\C=C(/CC)C(F)(F)F)OCC. The normalized spacial score (nSPS) is 14.5. The average Bonchev–Trinajstić information content (AvgIpc) is 2.21. The van der Waals surface area contributed by atoms with Gasteiger partial charge in [0.25, 0.3) is 0 Å². The summed E-state index contributed by atoms with van der Waals surface area (Å²) in [5, 5.41) is 0. The summed E-state index contributed by atoms with van der Waals surface area (Å²) in [5.74, 6) is 0.145. The molecule has 0 unspecified atom stereocenters. The molecule has 0 radical (unpaired) electrons. The van der Waals surface area contributed by atoms with Crippen molar-refractivity contribution in [2.24, 2.45) is 0 Å². The maximum atomic E-state index is 12.5. The first-order valence-corrected chi connectivity index (χ1v) is 5.58. The van der Waals surface area contributed by atoms with Crippen LogP contribution in [-0.2, 0) is 4.74 Å². The zero-order valence-corrected chi connectivity index (χ0v) is 10.8. The van der Waals surface area contributed by atoms with Crippen LogP contribution in [0.1, 0.15) is 20.3 Å². The maximum absolute atomic E-state index is 12.5. The van der Waals surface area contributed by atoms with Gasteiger partial charge in [-0.1, -0.05) is 19.6 Å². The number of alkyl halides is 3.